The average Bonchev–Trinajstić information content (AvgIpc) is 1.97. The molecule has 0 amide bonds. The molecule has 60 valence electrons. The molecule has 0 aliphatic carbocycles. The molecular formula is C7H12P4. The van der Waals surface area contributed by atoms with Gasteiger partial charge in [0, 0.05) is 0 Å². The SMILES string of the molecule is Cc1c(P)cc(P)c(P)c1P. The molecule has 0 aliphatic heterocycles. The first-order valence-corrected chi connectivity index (χ1v) is 5.54. The zero-order valence-electron chi connectivity index (χ0n) is 6.39. The van der Waals surface area contributed by atoms with E-state index >= 15 is 0 Å². The van der Waals surface area contributed by atoms with Crippen molar-refractivity contribution in [3.05, 3.63) is 11.6 Å². The maximum Gasteiger partial charge on any atom is -0.0157 e. The highest BCUT2D eigenvalue weighted by Crippen LogP contribution is 2.01. The van der Waals surface area contributed by atoms with Gasteiger partial charge >= 0.3 is 0 Å². The lowest BCUT2D eigenvalue weighted by molar-refractivity contribution is 1.60. The van der Waals surface area contributed by atoms with Crippen LogP contribution in [-0.2, 0) is 0 Å². The summed E-state index contributed by atoms with van der Waals surface area (Å²) in [5.41, 5.74) is 1.33. The van der Waals surface area contributed by atoms with Crippen LogP contribution in [0.15, 0.2) is 6.07 Å². The van der Waals surface area contributed by atoms with E-state index in [0.717, 1.165) is 0 Å². The van der Waals surface area contributed by atoms with Gasteiger partial charge in [-0.15, -0.1) is 37.0 Å². The Morgan fingerprint density at radius 3 is 2.00 bits per heavy atom. The van der Waals surface area contributed by atoms with Gasteiger partial charge in [-0.1, -0.05) is 0 Å². The Labute approximate surface area is 77.1 Å². The van der Waals surface area contributed by atoms with Crippen molar-refractivity contribution < 1.29 is 0 Å². The molecule has 0 saturated carbocycles. The van der Waals surface area contributed by atoms with E-state index in [-0.39, 0.29) is 0 Å². The summed E-state index contributed by atoms with van der Waals surface area (Å²) in [5, 5.41) is 5.07. The Morgan fingerprint density at radius 1 is 0.909 bits per heavy atom. The van der Waals surface area contributed by atoms with E-state index in [2.05, 4.69) is 49.9 Å². The summed E-state index contributed by atoms with van der Waals surface area (Å²) >= 11 is 0. The second-order valence-electron chi connectivity index (χ2n) is 2.51. The first-order valence-electron chi connectivity index (χ1n) is 3.23. The summed E-state index contributed by atoms with van der Waals surface area (Å²) in [6.07, 6.45) is 0. The molecular weight excluding hydrogens is 208 g/mol. The van der Waals surface area contributed by atoms with Gasteiger partial charge in [-0.3, -0.25) is 0 Å². The van der Waals surface area contributed by atoms with E-state index in [1.54, 1.807) is 0 Å². The minimum atomic E-state index is 1.25. The molecule has 0 radical (unpaired) electrons. The van der Waals surface area contributed by atoms with E-state index in [1.165, 1.54) is 26.8 Å². The lowest BCUT2D eigenvalue weighted by Gasteiger charge is -2.09. The van der Waals surface area contributed by atoms with Crippen molar-refractivity contribution in [3.8, 4) is 0 Å². The van der Waals surface area contributed by atoms with Gasteiger partial charge in [0.15, 0.2) is 0 Å². The Morgan fingerprint density at radius 2 is 1.45 bits per heavy atom. The molecule has 0 bridgehead atoms. The van der Waals surface area contributed by atoms with Crippen LogP contribution in [0.2, 0.25) is 0 Å². The van der Waals surface area contributed by atoms with Gasteiger partial charge in [0.1, 0.15) is 0 Å². The van der Waals surface area contributed by atoms with Crippen LogP contribution in [0.5, 0.6) is 0 Å². The number of hydrogen-bond acceptors (Lipinski definition) is 0. The highest BCUT2D eigenvalue weighted by molar-refractivity contribution is 7.41. The first kappa shape index (κ1) is 10.0. The zero-order valence-corrected chi connectivity index (χ0v) is 11.0. The maximum atomic E-state index is 2.77. The molecule has 0 heterocycles. The highest BCUT2D eigenvalue weighted by atomic mass is 31.0. The number of benzene rings is 1. The van der Waals surface area contributed by atoms with E-state index in [4.69, 9.17) is 0 Å². The molecule has 4 heteroatoms. The molecule has 0 spiro atoms. The largest absolute Gasteiger partial charge is 0.105 e. The van der Waals surface area contributed by atoms with Gasteiger partial charge in [0.2, 0.25) is 0 Å². The Kier molecular flexibility index (Phi) is 3.43. The molecule has 1 aromatic rings. The Bertz CT molecular complexity index is 267. The van der Waals surface area contributed by atoms with E-state index in [0.29, 0.717) is 0 Å². The lowest BCUT2D eigenvalue weighted by Crippen LogP contribution is -2.30. The van der Waals surface area contributed by atoms with Gasteiger partial charge < -0.3 is 0 Å². The van der Waals surface area contributed by atoms with Crippen molar-refractivity contribution in [1.29, 1.82) is 0 Å². The monoisotopic (exact) mass is 220 g/mol. The third-order valence-electron chi connectivity index (χ3n) is 1.75. The van der Waals surface area contributed by atoms with Crippen LogP contribution in [0.25, 0.3) is 0 Å². The summed E-state index contributed by atoms with van der Waals surface area (Å²) in [5.74, 6) is 0. The minimum Gasteiger partial charge on any atom is -0.105 e. The summed E-state index contributed by atoms with van der Waals surface area (Å²) in [6.45, 7) is 2.13. The fourth-order valence-electron chi connectivity index (χ4n) is 0.867. The van der Waals surface area contributed by atoms with Crippen LogP contribution in [0.4, 0.5) is 0 Å². The van der Waals surface area contributed by atoms with Crippen molar-refractivity contribution in [1.82, 2.24) is 0 Å². The van der Waals surface area contributed by atoms with E-state index < -0.39 is 0 Å². The summed E-state index contributed by atoms with van der Waals surface area (Å²) in [7, 11) is 11.0. The second kappa shape index (κ2) is 3.77. The van der Waals surface area contributed by atoms with Crippen LogP contribution < -0.4 is 21.2 Å². The number of rotatable bonds is 0. The molecule has 0 nitrogen and oxygen atoms in total. The van der Waals surface area contributed by atoms with Crippen molar-refractivity contribution in [2.75, 3.05) is 0 Å². The van der Waals surface area contributed by atoms with Crippen molar-refractivity contribution in [2.24, 2.45) is 0 Å². The predicted molar refractivity (Wildman–Crippen MR) is 68.6 cm³/mol. The average molecular weight is 220 g/mol. The fourth-order valence-corrected chi connectivity index (χ4v) is 2.70. The topological polar surface area (TPSA) is 0 Å². The van der Waals surface area contributed by atoms with Crippen molar-refractivity contribution in [3.63, 3.8) is 0 Å². The summed E-state index contributed by atoms with van der Waals surface area (Å²) in [6, 6.07) is 2.15. The standard InChI is InChI=1S/C7H12P4/c1-3-4(8)2-5(9)7(11)6(3)10/h2H,8-11H2,1H3. The van der Waals surface area contributed by atoms with E-state index in [1.807, 2.05) is 0 Å². The molecule has 0 N–H and O–H groups in total. The van der Waals surface area contributed by atoms with Crippen LogP contribution in [-0.4, -0.2) is 0 Å². The van der Waals surface area contributed by atoms with Crippen LogP contribution in [0.3, 0.4) is 0 Å². The third-order valence-corrected chi connectivity index (χ3v) is 4.88. The van der Waals surface area contributed by atoms with Gasteiger partial charge in [0.25, 0.3) is 0 Å². The molecule has 4 unspecified atom stereocenters. The van der Waals surface area contributed by atoms with Gasteiger partial charge in [0.05, 0.1) is 0 Å². The lowest BCUT2D eigenvalue weighted by atomic mass is 10.2. The summed E-state index contributed by atoms with van der Waals surface area (Å²) < 4.78 is 0. The smallest absolute Gasteiger partial charge is 0.0157 e. The molecule has 0 aliphatic rings. The van der Waals surface area contributed by atoms with Gasteiger partial charge in [-0.25, -0.2) is 0 Å². The molecule has 1 rings (SSSR count). The van der Waals surface area contributed by atoms with Crippen LogP contribution in [0.1, 0.15) is 5.56 Å². The third kappa shape index (κ3) is 1.99. The highest BCUT2D eigenvalue weighted by Gasteiger charge is 2.03. The quantitative estimate of drug-likeness (QED) is 0.540. The maximum absolute atomic E-state index is 2.77. The summed E-state index contributed by atoms with van der Waals surface area (Å²) in [4.78, 5) is 0. The van der Waals surface area contributed by atoms with E-state index in [9.17, 15) is 0 Å². The van der Waals surface area contributed by atoms with Gasteiger partial charge in [-0.05, 0) is 39.8 Å². The molecule has 0 fully saturated rings. The Hall–Kier alpha value is 0.940. The minimum absolute atomic E-state index is 1.25. The molecule has 1 aromatic carbocycles. The number of hydrogen-bond donors (Lipinski definition) is 0. The van der Waals surface area contributed by atoms with Crippen LogP contribution >= 0.6 is 37.0 Å². The normalized spacial score (nSPS) is 10.3. The van der Waals surface area contributed by atoms with Crippen LogP contribution in [0, 0.1) is 6.92 Å². The predicted octanol–water partition coefficient (Wildman–Crippen LogP) is -0.00338. The molecule has 0 aromatic heterocycles. The Balaban J connectivity index is 3.46. The zero-order chi connectivity index (χ0) is 8.59. The first-order chi connectivity index (χ1) is 5.04. The second-order valence-corrected chi connectivity index (χ2v) is 4.91. The fraction of sp³-hybridized carbons (Fsp3) is 0.143. The molecule has 0 saturated heterocycles. The van der Waals surface area contributed by atoms with Crippen molar-refractivity contribution >= 4 is 58.2 Å². The van der Waals surface area contributed by atoms with Gasteiger partial charge in [-0.2, -0.15) is 0 Å². The molecule has 4 atom stereocenters. The van der Waals surface area contributed by atoms with Crippen molar-refractivity contribution in [2.45, 2.75) is 6.92 Å². The molecule has 11 heavy (non-hydrogen) atoms.